The number of tetrazole rings is 1. The molecule has 26 heavy (non-hydrogen) atoms. The van der Waals surface area contributed by atoms with Gasteiger partial charge in [0.1, 0.15) is 0 Å². The lowest BCUT2D eigenvalue weighted by atomic mass is 10.1. The smallest absolute Gasteiger partial charge is 0.381 e. The second kappa shape index (κ2) is 6.90. The van der Waals surface area contributed by atoms with E-state index in [1.54, 1.807) is 0 Å². The molecular weight excluding hydrogens is 355 g/mol. The van der Waals surface area contributed by atoms with Gasteiger partial charge in [-0.05, 0) is 35.4 Å². The van der Waals surface area contributed by atoms with Crippen LogP contribution in [0.3, 0.4) is 0 Å². The molecule has 1 saturated heterocycles. The average molecular weight is 371 g/mol. The summed E-state index contributed by atoms with van der Waals surface area (Å²) < 4.78 is 45.6. The molecule has 1 aliphatic rings. The van der Waals surface area contributed by atoms with Crippen molar-refractivity contribution in [3.63, 3.8) is 0 Å². The lowest BCUT2D eigenvalue weighted by Crippen LogP contribution is -2.46. The summed E-state index contributed by atoms with van der Waals surface area (Å²) >= 11 is 0. The van der Waals surface area contributed by atoms with E-state index >= 15 is 0 Å². The maximum atomic E-state index is 13.1. The van der Waals surface area contributed by atoms with Crippen LogP contribution in [-0.4, -0.2) is 57.0 Å². The molecule has 1 fully saturated rings. The molecule has 1 aromatic carbocycles. The zero-order valence-electron chi connectivity index (χ0n) is 13.8. The quantitative estimate of drug-likeness (QED) is 0.748. The van der Waals surface area contributed by atoms with E-state index in [-0.39, 0.29) is 6.04 Å². The van der Waals surface area contributed by atoms with Crippen molar-refractivity contribution in [1.29, 1.82) is 0 Å². The van der Waals surface area contributed by atoms with Gasteiger partial charge in [-0.15, -0.1) is 4.68 Å². The fraction of sp³-hybridized carbons (Fsp3) is 0.467. The summed E-state index contributed by atoms with van der Waals surface area (Å²) in [7, 11) is 1.51. The van der Waals surface area contributed by atoms with Crippen molar-refractivity contribution in [2.75, 3.05) is 20.3 Å². The second-order valence-corrected chi connectivity index (χ2v) is 5.84. The summed E-state index contributed by atoms with van der Waals surface area (Å²) in [5.74, 6) is 0. The van der Waals surface area contributed by atoms with Crippen molar-refractivity contribution in [3.8, 4) is 5.69 Å². The number of carbonyl (C=O) groups is 1. The highest BCUT2D eigenvalue weighted by atomic mass is 19.4. The number of hydrogen-bond donors (Lipinski definition) is 0. The predicted molar refractivity (Wildman–Crippen MR) is 83.0 cm³/mol. The number of hydrogen-bond acceptors (Lipinski definition) is 5. The van der Waals surface area contributed by atoms with E-state index in [4.69, 9.17) is 4.74 Å². The van der Waals surface area contributed by atoms with Gasteiger partial charge in [-0.2, -0.15) is 17.9 Å². The molecule has 0 aliphatic carbocycles. The minimum absolute atomic E-state index is 0.143. The van der Waals surface area contributed by atoms with Crippen LogP contribution in [0, 0.1) is 0 Å². The number of nitrogens with zero attached hydrogens (tertiary/aromatic N) is 5. The molecule has 140 valence electrons. The summed E-state index contributed by atoms with van der Waals surface area (Å²) in [6, 6.07) is 3.57. The normalized spacial score (nSPS) is 15.8. The first-order valence-electron chi connectivity index (χ1n) is 7.87. The number of benzene rings is 1. The number of alkyl halides is 3. The highest BCUT2D eigenvalue weighted by molar-refractivity contribution is 5.75. The standard InChI is InChI=1S/C15H16F3N5O3/c1-21(10-6-8-26-9-7-10)13(24)23-14(25)22(19-20-23)12-5-3-2-4-11(12)15(16,17)18/h2-5,10H,6-9H2,1H3. The predicted octanol–water partition coefficient (Wildman–Crippen LogP) is 1.53. The Balaban J connectivity index is 1.94. The van der Waals surface area contributed by atoms with Crippen LogP contribution in [0.2, 0.25) is 0 Å². The Morgan fingerprint density at radius 1 is 1.23 bits per heavy atom. The van der Waals surface area contributed by atoms with Crippen molar-refractivity contribution in [3.05, 3.63) is 40.3 Å². The zero-order valence-corrected chi connectivity index (χ0v) is 13.8. The SMILES string of the molecule is CN(C(=O)n1nnn(-c2ccccc2C(F)(F)F)c1=O)C1CCOCC1. The number of halogens is 3. The molecule has 0 radical (unpaired) electrons. The first-order chi connectivity index (χ1) is 12.3. The van der Waals surface area contributed by atoms with Crippen LogP contribution in [-0.2, 0) is 10.9 Å². The first kappa shape index (κ1) is 18.1. The number of carbonyl (C=O) groups excluding carboxylic acids is 1. The van der Waals surface area contributed by atoms with Crippen LogP contribution < -0.4 is 5.69 Å². The van der Waals surface area contributed by atoms with Crippen molar-refractivity contribution >= 4 is 6.03 Å². The number of amides is 1. The molecule has 2 aromatic rings. The molecule has 1 amide bonds. The molecule has 0 bridgehead atoms. The Hall–Kier alpha value is -2.69. The Morgan fingerprint density at radius 2 is 1.88 bits per heavy atom. The van der Waals surface area contributed by atoms with Gasteiger partial charge in [0.15, 0.2) is 0 Å². The highest BCUT2D eigenvalue weighted by Crippen LogP contribution is 2.32. The molecule has 2 heterocycles. The molecule has 1 aromatic heterocycles. The molecule has 11 heteroatoms. The lowest BCUT2D eigenvalue weighted by Gasteiger charge is -2.30. The van der Waals surface area contributed by atoms with Gasteiger partial charge in [-0.1, -0.05) is 12.1 Å². The Labute approximate surface area is 145 Å². The zero-order chi connectivity index (χ0) is 18.9. The Kier molecular flexibility index (Phi) is 4.81. The molecule has 0 atom stereocenters. The van der Waals surface area contributed by atoms with Crippen LogP contribution in [0.5, 0.6) is 0 Å². The fourth-order valence-electron chi connectivity index (χ4n) is 2.79. The molecule has 0 unspecified atom stereocenters. The van der Waals surface area contributed by atoms with E-state index < -0.39 is 29.1 Å². The van der Waals surface area contributed by atoms with Crippen LogP contribution in [0.25, 0.3) is 5.69 Å². The van der Waals surface area contributed by atoms with Gasteiger partial charge < -0.3 is 9.64 Å². The lowest BCUT2D eigenvalue weighted by molar-refractivity contribution is -0.137. The highest BCUT2D eigenvalue weighted by Gasteiger charge is 2.35. The van der Waals surface area contributed by atoms with Gasteiger partial charge in [0.05, 0.1) is 11.3 Å². The van der Waals surface area contributed by atoms with E-state index in [0.717, 1.165) is 12.1 Å². The van der Waals surface area contributed by atoms with Crippen molar-refractivity contribution in [2.45, 2.75) is 25.1 Å². The fourth-order valence-corrected chi connectivity index (χ4v) is 2.79. The van der Waals surface area contributed by atoms with Gasteiger partial charge in [-0.3, -0.25) is 0 Å². The van der Waals surface area contributed by atoms with Crippen molar-refractivity contribution in [1.82, 2.24) is 24.7 Å². The maximum Gasteiger partial charge on any atom is 0.418 e. The van der Waals surface area contributed by atoms with E-state index in [2.05, 4.69) is 10.4 Å². The molecular formula is C15H16F3N5O3. The summed E-state index contributed by atoms with van der Waals surface area (Å²) in [6.07, 6.45) is -3.48. The largest absolute Gasteiger partial charge is 0.418 e. The minimum Gasteiger partial charge on any atom is -0.381 e. The number of aromatic nitrogens is 4. The summed E-state index contributed by atoms with van der Waals surface area (Å²) in [5.41, 5.74) is -2.59. The van der Waals surface area contributed by atoms with Gasteiger partial charge in [0.25, 0.3) is 0 Å². The second-order valence-electron chi connectivity index (χ2n) is 5.84. The number of ether oxygens (including phenoxy) is 1. The topological polar surface area (TPSA) is 82.3 Å². The molecule has 0 N–H and O–H groups in total. The van der Waals surface area contributed by atoms with Crippen LogP contribution in [0.4, 0.5) is 18.0 Å². The average Bonchev–Trinajstić information content (AvgIpc) is 3.02. The van der Waals surface area contributed by atoms with Crippen LogP contribution in [0.1, 0.15) is 18.4 Å². The molecule has 8 nitrogen and oxygen atoms in total. The molecule has 0 saturated carbocycles. The monoisotopic (exact) mass is 371 g/mol. The number of rotatable bonds is 2. The third-order valence-corrected chi connectivity index (χ3v) is 4.24. The van der Waals surface area contributed by atoms with Crippen LogP contribution in [0.15, 0.2) is 29.1 Å². The number of para-hydroxylation sites is 1. The van der Waals surface area contributed by atoms with Gasteiger partial charge >= 0.3 is 17.9 Å². The first-order valence-corrected chi connectivity index (χ1v) is 7.87. The van der Waals surface area contributed by atoms with Crippen LogP contribution >= 0.6 is 0 Å². The summed E-state index contributed by atoms with van der Waals surface area (Å²) in [6.45, 7) is 0.978. The molecule has 0 spiro atoms. The summed E-state index contributed by atoms with van der Waals surface area (Å²) in [4.78, 5) is 26.3. The maximum absolute atomic E-state index is 13.1. The molecule has 3 rings (SSSR count). The van der Waals surface area contributed by atoms with Gasteiger partial charge in [-0.25, -0.2) is 9.59 Å². The Morgan fingerprint density at radius 3 is 2.54 bits per heavy atom. The Bertz CT molecular complexity index is 855. The van der Waals surface area contributed by atoms with Gasteiger partial charge in [0.2, 0.25) is 0 Å². The summed E-state index contributed by atoms with van der Waals surface area (Å²) in [5, 5.41) is 6.91. The minimum atomic E-state index is -4.68. The van der Waals surface area contributed by atoms with E-state index in [0.29, 0.717) is 35.4 Å². The van der Waals surface area contributed by atoms with Crippen molar-refractivity contribution < 1.29 is 22.7 Å². The van der Waals surface area contributed by atoms with Crippen molar-refractivity contribution in [2.24, 2.45) is 0 Å². The third kappa shape index (κ3) is 3.34. The molecule has 1 aliphatic heterocycles. The third-order valence-electron chi connectivity index (χ3n) is 4.24. The van der Waals surface area contributed by atoms with E-state index in [9.17, 15) is 22.8 Å². The van der Waals surface area contributed by atoms with Gasteiger partial charge in [0, 0.05) is 26.3 Å². The van der Waals surface area contributed by atoms with E-state index in [1.165, 1.54) is 24.1 Å². The van der Waals surface area contributed by atoms with E-state index in [1.807, 2.05) is 0 Å².